The van der Waals surface area contributed by atoms with Crippen LogP contribution in [0.15, 0.2) is 29.6 Å². The Morgan fingerprint density at radius 3 is 2.55 bits per heavy atom. The molecule has 31 heavy (non-hydrogen) atoms. The van der Waals surface area contributed by atoms with E-state index in [0.717, 1.165) is 19.3 Å². The third kappa shape index (κ3) is 6.52. The summed E-state index contributed by atoms with van der Waals surface area (Å²) in [5, 5.41) is 7.82. The second-order valence-corrected chi connectivity index (χ2v) is 8.50. The molecule has 3 rings (SSSR count). The molecule has 9 heteroatoms. The Labute approximate surface area is 186 Å². The van der Waals surface area contributed by atoms with E-state index in [0.29, 0.717) is 22.1 Å². The van der Waals surface area contributed by atoms with E-state index in [-0.39, 0.29) is 42.8 Å². The fourth-order valence-corrected chi connectivity index (χ4v) is 3.73. The van der Waals surface area contributed by atoms with Crippen LogP contribution in [0, 0.1) is 0 Å². The van der Waals surface area contributed by atoms with Crippen molar-refractivity contribution in [2.45, 2.75) is 51.6 Å². The van der Waals surface area contributed by atoms with Crippen molar-refractivity contribution in [1.82, 2.24) is 15.2 Å². The molecule has 1 aromatic carbocycles. The maximum Gasteiger partial charge on any atom is 0.254 e. The van der Waals surface area contributed by atoms with E-state index in [4.69, 9.17) is 4.74 Å². The van der Waals surface area contributed by atoms with Crippen LogP contribution in [0.5, 0.6) is 5.75 Å². The summed E-state index contributed by atoms with van der Waals surface area (Å²) in [4.78, 5) is 43.4. The van der Waals surface area contributed by atoms with Crippen molar-refractivity contribution >= 4 is 34.2 Å². The zero-order valence-corrected chi connectivity index (χ0v) is 18.8. The minimum absolute atomic E-state index is 0.0427. The first-order chi connectivity index (χ1) is 14.9. The van der Waals surface area contributed by atoms with Gasteiger partial charge >= 0.3 is 0 Å². The second-order valence-electron chi connectivity index (χ2n) is 7.64. The highest BCUT2D eigenvalue weighted by molar-refractivity contribution is 7.13. The summed E-state index contributed by atoms with van der Waals surface area (Å²) >= 11 is 1.26. The van der Waals surface area contributed by atoms with E-state index in [1.165, 1.54) is 11.3 Å². The molecule has 0 spiro atoms. The van der Waals surface area contributed by atoms with E-state index in [2.05, 4.69) is 15.6 Å². The van der Waals surface area contributed by atoms with Gasteiger partial charge in [0.15, 0.2) is 5.13 Å². The Morgan fingerprint density at radius 2 is 1.94 bits per heavy atom. The first kappa shape index (κ1) is 22.7. The molecular weight excluding hydrogens is 416 g/mol. The SMILES string of the molecule is CCC(C)NC(=O)Cc1csc(NC(=O)CN(C(=O)c2ccc(OC)cc2)C2CC2)n1. The van der Waals surface area contributed by atoms with Crippen molar-refractivity contribution in [3.63, 3.8) is 0 Å². The van der Waals surface area contributed by atoms with Gasteiger partial charge in [0.2, 0.25) is 11.8 Å². The van der Waals surface area contributed by atoms with Crippen molar-refractivity contribution < 1.29 is 19.1 Å². The highest BCUT2D eigenvalue weighted by Crippen LogP contribution is 2.28. The van der Waals surface area contributed by atoms with E-state index in [1.807, 2.05) is 13.8 Å². The number of aromatic nitrogens is 1. The number of rotatable bonds is 10. The molecule has 1 heterocycles. The Hall–Kier alpha value is -2.94. The third-order valence-corrected chi connectivity index (χ3v) is 5.87. The average Bonchev–Trinajstić information content (AvgIpc) is 3.52. The number of thiazole rings is 1. The van der Waals surface area contributed by atoms with Crippen LogP contribution in [-0.2, 0) is 16.0 Å². The van der Waals surface area contributed by atoms with Gasteiger partial charge in [-0.25, -0.2) is 4.98 Å². The van der Waals surface area contributed by atoms with Gasteiger partial charge in [-0.1, -0.05) is 6.92 Å². The number of nitrogens with zero attached hydrogens (tertiary/aromatic N) is 2. The molecule has 1 aromatic heterocycles. The summed E-state index contributed by atoms with van der Waals surface area (Å²) in [5.41, 5.74) is 1.12. The van der Waals surface area contributed by atoms with Gasteiger partial charge in [-0.05, 0) is 50.5 Å². The lowest BCUT2D eigenvalue weighted by Crippen LogP contribution is -2.39. The molecule has 1 unspecified atom stereocenters. The Balaban J connectivity index is 1.56. The quantitative estimate of drug-likeness (QED) is 0.587. The number of anilines is 1. The Morgan fingerprint density at radius 1 is 1.23 bits per heavy atom. The first-order valence-electron chi connectivity index (χ1n) is 10.4. The summed E-state index contributed by atoms with van der Waals surface area (Å²) < 4.78 is 5.13. The zero-order valence-electron chi connectivity index (χ0n) is 18.0. The lowest BCUT2D eigenvalue weighted by atomic mass is 10.2. The van der Waals surface area contributed by atoms with E-state index in [9.17, 15) is 14.4 Å². The average molecular weight is 445 g/mol. The number of methoxy groups -OCH3 is 1. The molecule has 0 aliphatic heterocycles. The number of amides is 3. The van der Waals surface area contributed by atoms with Gasteiger partial charge < -0.3 is 20.3 Å². The molecule has 1 saturated carbocycles. The van der Waals surface area contributed by atoms with Crippen LogP contribution in [0.2, 0.25) is 0 Å². The number of hydrogen-bond donors (Lipinski definition) is 2. The molecule has 0 bridgehead atoms. The smallest absolute Gasteiger partial charge is 0.254 e. The summed E-state index contributed by atoms with van der Waals surface area (Å²) in [7, 11) is 1.57. The molecule has 0 radical (unpaired) electrons. The minimum Gasteiger partial charge on any atom is -0.497 e. The van der Waals surface area contributed by atoms with Crippen LogP contribution < -0.4 is 15.4 Å². The van der Waals surface area contributed by atoms with E-state index >= 15 is 0 Å². The van der Waals surface area contributed by atoms with Crippen molar-refractivity contribution in [3.05, 3.63) is 40.9 Å². The molecule has 3 amide bonds. The van der Waals surface area contributed by atoms with Crippen molar-refractivity contribution in [1.29, 1.82) is 0 Å². The summed E-state index contributed by atoms with van der Waals surface area (Å²) in [6.45, 7) is 3.91. The van der Waals surface area contributed by atoms with Gasteiger partial charge in [-0.2, -0.15) is 0 Å². The van der Waals surface area contributed by atoms with Crippen molar-refractivity contribution in [3.8, 4) is 5.75 Å². The number of ether oxygens (including phenoxy) is 1. The third-order valence-electron chi connectivity index (χ3n) is 5.06. The lowest BCUT2D eigenvalue weighted by molar-refractivity contribution is -0.121. The molecule has 8 nitrogen and oxygen atoms in total. The molecule has 1 atom stereocenters. The number of benzene rings is 1. The highest BCUT2D eigenvalue weighted by Gasteiger charge is 2.34. The number of nitrogens with one attached hydrogen (secondary N) is 2. The predicted octanol–water partition coefficient (Wildman–Crippen LogP) is 2.85. The normalized spacial score (nSPS) is 13.9. The zero-order chi connectivity index (χ0) is 22.4. The van der Waals surface area contributed by atoms with Crippen LogP contribution >= 0.6 is 11.3 Å². The van der Waals surface area contributed by atoms with E-state index in [1.54, 1.807) is 41.7 Å². The van der Waals surface area contributed by atoms with Crippen molar-refractivity contribution in [2.24, 2.45) is 0 Å². The standard InChI is InChI=1S/C22H28N4O4S/c1-4-14(2)23-19(27)11-16-13-31-22(24-16)25-20(28)12-26(17-7-8-17)21(29)15-5-9-18(30-3)10-6-15/h5-6,9-10,13-14,17H,4,7-8,11-12H2,1-3H3,(H,23,27)(H,24,25,28). The van der Waals surface area contributed by atoms with Crippen LogP contribution in [0.4, 0.5) is 5.13 Å². The fourth-order valence-electron chi connectivity index (χ4n) is 3.00. The van der Waals surface area contributed by atoms with Gasteiger partial charge in [0.05, 0.1) is 19.2 Å². The van der Waals surface area contributed by atoms with Crippen LogP contribution in [-0.4, -0.2) is 53.3 Å². The molecule has 2 N–H and O–H groups in total. The molecule has 1 aliphatic rings. The van der Waals surface area contributed by atoms with Gasteiger partial charge in [0, 0.05) is 23.0 Å². The van der Waals surface area contributed by atoms with Crippen LogP contribution in [0.25, 0.3) is 0 Å². The molecule has 1 fully saturated rings. The lowest BCUT2D eigenvalue weighted by Gasteiger charge is -2.21. The minimum atomic E-state index is -0.307. The Kier molecular flexibility index (Phi) is 7.62. The largest absolute Gasteiger partial charge is 0.497 e. The molecule has 1 aliphatic carbocycles. The monoisotopic (exact) mass is 444 g/mol. The maximum absolute atomic E-state index is 12.9. The summed E-state index contributed by atoms with van der Waals surface area (Å²) in [5.74, 6) is 0.0905. The molecule has 166 valence electrons. The Bertz CT molecular complexity index is 924. The molecule has 2 aromatic rings. The maximum atomic E-state index is 12.9. The van der Waals surface area contributed by atoms with Gasteiger partial charge in [-0.15, -0.1) is 11.3 Å². The van der Waals surface area contributed by atoms with Gasteiger partial charge in [0.25, 0.3) is 5.91 Å². The number of carbonyl (C=O) groups is 3. The summed E-state index contributed by atoms with van der Waals surface area (Å²) in [6.07, 6.45) is 2.81. The first-order valence-corrected chi connectivity index (χ1v) is 11.3. The highest BCUT2D eigenvalue weighted by atomic mass is 32.1. The molecule has 0 saturated heterocycles. The van der Waals surface area contributed by atoms with Crippen LogP contribution in [0.1, 0.15) is 49.2 Å². The summed E-state index contributed by atoms with van der Waals surface area (Å²) in [6, 6.07) is 7.05. The molecular formula is C22H28N4O4S. The topological polar surface area (TPSA) is 101 Å². The number of hydrogen-bond acceptors (Lipinski definition) is 6. The van der Waals surface area contributed by atoms with E-state index < -0.39 is 0 Å². The number of carbonyl (C=O) groups excluding carboxylic acids is 3. The second kappa shape index (κ2) is 10.4. The van der Waals surface area contributed by atoms with Crippen LogP contribution in [0.3, 0.4) is 0 Å². The van der Waals surface area contributed by atoms with Gasteiger partial charge in [-0.3, -0.25) is 14.4 Å². The van der Waals surface area contributed by atoms with Crippen molar-refractivity contribution in [2.75, 3.05) is 19.0 Å². The van der Waals surface area contributed by atoms with Gasteiger partial charge in [0.1, 0.15) is 12.3 Å². The fraction of sp³-hybridized carbons (Fsp3) is 0.455. The predicted molar refractivity (Wildman–Crippen MR) is 119 cm³/mol.